The molecule has 1 saturated carbocycles. The Bertz CT molecular complexity index is 1250. The molecule has 0 unspecified atom stereocenters. The predicted molar refractivity (Wildman–Crippen MR) is 148 cm³/mol. The number of imidazole rings is 1. The van der Waals surface area contributed by atoms with E-state index in [0.717, 1.165) is 25.7 Å². The standard InChI is InChI=1S/C28H39F2N7O2/c1-28(2,38)18-35(3)20-10-8-19(9-11-20)17-31-27-33-23(36-12-14-39-15-13-36)16-24(34-27)37-22-7-5-4-6-21(22)32-26(37)25(29)30/h4-7,16,19-20,25,38H,8-15,17-18H2,1-3H3,(H,31,33,34). The van der Waals surface area contributed by atoms with Crippen molar-refractivity contribution in [3.05, 3.63) is 36.2 Å². The van der Waals surface area contributed by atoms with Crippen molar-refractivity contribution in [2.45, 2.75) is 57.6 Å². The smallest absolute Gasteiger partial charge is 0.296 e. The minimum Gasteiger partial charge on any atom is -0.389 e. The normalized spacial score (nSPS) is 20.8. The zero-order valence-electron chi connectivity index (χ0n) is 23.0. The molecule has 0 atom stereocenters. The van der Waals surface area contributed by atoms with Crippen LogP contribution in [0.2, 0.25) is 0 Å². The zero-order chi connectivity index (χ0) is 27.6. The number of morpholine rings is 1. The molecule has 212 valence electrons. The van der Waals surface area contributed by atoms with Crippen molar-refractivity contribution in [3.8, 4) is 5.82 Å². The Morgan fingerprint density at radius 1 is 1.08 bits per heavy atom. The number of anilines is 2. The Labute approximate surface area is 228 Å². The van der Waals surface area contributed by atoms with Gasteiger partial charge in [0.15, 0.2) is 5.82 Å². The second kappa shape index (κ2) is 11.7. The molecular formula is C28H39F2N7O2. The van der Waals surface area contributed by atoms with Gasteiger partial charge in [0.2, 0.25) is 5.95 Å². The number of nitrogens with zero attached hydrogens (tertiary/aromatic N) is 6. The van der Waals surface area contributed by atoms with Crippen LogP contribution in [0.4, 0.5) is 20.5 Å². The van der Waals surface area contributed by atoms with Crippen molar-refractivity contribution in [1.82, 2.24) is 24.4 Å². The van der Waals surface area contributed by atoms with Crippen molar-refractivity contribution < 1.29 is 18.6 Å². The second-order valence-corrected chi connectivity index (χ2v) is 11.4. The van der Waals surface area contributed by atoms with E-state index in [2.05, 4.69) is 27.1 Å². The Kier molecular flexibility index (Phi) is 8.29. The Hall–Kier alpha value is -2.89. The van der Waals surface area contributed by atoms with E-state index < -0.39 is 12.0 Å². The third kappa shape index (κ3) is 6.64. The predicted octanol–water partition coefficient (Wildman–Crippen LogP) is 4.26. The van der Waals surface area contributed by atoms with Crippen LogP contribution < -0.4 is 10.2 Å². The van der Waals surface area contributed by atoms with E-state index in [1.54, 1.807) is 24.3 Å². The first kappa shape index (κ1) is 27.7. The van der Waals surface area contributed by atoms with E-state index in [9.17, 15) is 13.9 Å². The van der Waals surface area contributed by atoms with E-state index in [1.165, 1.54) is 4.57 Å². The summed E-state index contributed by atoms with van der Waals surface area (Å²) in [6, 6.07) is 9.34. The van der Waals surface area contributed by atoms with Crippen molar-refractivity contribution in [2.24, 2.45) is 5.92 Å². The summed E-state index contributed by atoms with van der Waals surface area (Å²) in [5, 5.41) is 13.6. The van der Waals surface area contributed by atoms with Gasteiger partial charge in [-0.2, -0.15) is 9.97 Å². The van der Waals surface area contributed by atoms with Gasteiger partial charge in [-0.3, -0.25) is 4.57 Å². The van der Waals surface area contributed by atoms with E-state index in [1.807, 2.05) is 19.9 Å². The second-order valence-electron chi connectivity index (χ2n) is 11.4. The lowest BCUT2D eigenvalue weighted by Crippen LogP contribution is -2.43. The van der Waals surface area contributed by atoms with E-state index >= 15 is 0 Å². The number of likely N-dealkylation sites (N-methyl/N-ethyl adjacent to an activating group) is 1. The third-order valence-electron chi connectivity index (χ3n) is 7.67. The molecule has 5 rings (SSSR count). The van der Waals surface area contributed by atoms with Gasteiger partial charge in [-0.05, 0) is 64.6 Å². The number of alkyl halides is 2. The van der Waals surface area contributed by atoms with Gasteiger partial charge in [0, 0.05) is 38.3 Å². The van der Waals surface area contributed by atoms with Gasteiger partial charge < -0.3 is 25.0 Å². The quantitative estimate of drug-likeness (QED) is 0.414. The highest BCUT2D eigenvalue weighted by atomic mass is 19.3. The molecule has 0 amide bonds. The summed E-state index contributed by atoms with van der Waals surface area (Å²) in [4.78, 5) is 18.1. The molecule has 9 nitrogen and oxygen atoms in total. The average Bonchev–Trinajstić information content (AvgIpc) is 3.32. The molecule has 2 N–H and O–H groups in total. The topological polar surface area (TPSA) is 91.6 Å². The fourth-order valence-corrected chi connectivity index (χ4v) is 5.77. The summed E-state index contributed by atoms with van der Waals surface area (Å²) < 4.78 is 35.1. The van der Waals surface area contributed by atoms with Crippen LogP contribution in [0.15, 0.2) is 30.3 Å². The molecule has 3 aromatic rings. The van der Waals surface area contributed by atoms with Crippen LogP contribution in [0.5, 0.6) is 0 Å². The molecule has 1 aromatic carbocycles. The molecule has 39 heavy (non-hydrogen) atoms. The number of rotatable bonds is 9. The fraction of sp³-hybridized carbons (Fsp3) is 0.607. The third-order valence-corrected chi connectivity index (χ3v) is 7.67. The van der Waals surface area contributed by atoms with E-state index in [-0.39, 0.29) is 5.82 Å². The zero-order valence-corrected chi connectivity index (χ0v) is 23.0. The molecule has 0 radical (unpaired) electrons. The lowest BCUT2D eigenvalue weighted by atomic mass is 9.85. The highest BCUT2D eigenvalue weighted by molar-refractivity contribution is 5.78. The number of hydrogen-bond acceptors (Lipinski definition) is 8. The van der Waals surface area contributed by atoms with Crippen molar-refractivity contribution in [1.29, 1.82) is 0 Å². The van der Waals surface area contributed by atoms with Gasteiger partial charge in [-0.1, -0.05) is 12.1 Å². The molecule has 1 aliphatic carbocycles. The van der Waals surface area contributed by atoms with Crippen LogP contribution in [0.25, 0.3) is 16.9 Å². The minimum atomic E-state index is -2.75. The van der Waals surface area contributed by atoms with Crippen LogP contribution in [-0.4, -0.2) is 87.6 Å². The first-order valence-electron chi connectivity index (χ1n) is 13.8. The molecule has 1 saturated heterocycles. The van der Waals surface area contributed by atoms with Gasteiger partial charge in [-0.15, -0.1) is 0 Å². The number of aromatic nitrogens is 4. The van der Waals surface area contributed by atoms with Gasteiger partial charge in [0.05, 0.1) is 29.8 Å². The molecule has 3 heterocycles. The number of halogens is 2. The van der Waals surface area contributed by atoms with Crippen LogP contribution in [0.1, 0.15) is 51.8 Å². The Morgan fingerprint density at radius 2 is 1.77 bits per heavy atom. The van der Waals surface area contributed by atoms with Crippen molar-refractivity contribution in [2.75, 3.05) is 56.7 Å². The summed E-state index contributed by atoms with van der Waals surface area (Å²) in [6.45, 7) is 7.56. The molecule has 0 spiro atoms. The van der Waals surface area contributed by atoms with E-state index in [0.29, 0.717) is 80.0 Å². The molecule has 1 aliphatic heterocycles. The van der Waals surface area contributed by atoms with Gasteiger partial charge in [0.25, 0.3) is 6.43 Å². The first-order chi connectivity index (χ1) is 18.7. The van der Waals surface area contributed by atoms with Crippen LogP contribution in [-0.2, 0) is 4.74 Å². The maximum atomic E-state index is 14.1. The lowest BCUT2D eigenvalue weighted by Gasteiger charge is -2.37. The first-order valence-corrected chi connectivity index (χ1v) is 13.8. The number of nitrogens with one attached hydrogen (secondary N) is 1. The molecule has 2 fully saturated rings. The molecule has 2 aliphatic rings. The highest BCUT2D eigenvalue weighted by Crippen LogP contribution is 2.31. The van der Waals surface area contributed by atoms with Gasteiger partial charge >= 0.3 is 0 Å². The summed E-state index contributed by atoms with van der Waals surface area (Å²) in [5.74, 6) is 1.60. The summed E-state index contributed by atoms with van der Waals surface area (Å²) in [5.41, 5.74) is 0.373. The minimum absolute atomic E-state index is 0.331. The monoisotopic (exact) mass is 543 g/mol. The number of aliphatic hydroxyl groups is 1. The maximum Gasteiger partial charge on any atom is 0.296 e. The molecule has 11 heteroatoms. The van der Waals surface area contributed by atoms with Crippen LogP contribution in [0, 0.1) is 5.92 Å². The van der Waals surface area contributed by atoms with Crippen LogP contribution >= 0.6 is 0 Å². The average molecular weight is 544 g/mol. The largest absolute Gasteiger partial charge is 0.389 e. The number of benzene rings is 1. The molecule has 2 aromatic heterocycles. The molecule has 0 bridgehead atoms. The summed E-state index contributed by atoms with van der Waals surface area (Å²) in [7, 11) is 2.08. The Morgan fingerprint density at radius 3 is 2.46 bits per heavy atom. The van der Waals surface area contributed by atoms with Crippen molar-refractivity contribution >= 4 is 22.8 Å². The highest BCUT2D eigenvalue weighted by Gasteiger charge is 2.28. The fourth-order valence-electron chi connectivity index (χ4n) is 5.77. The van der Waals surface area contributed by atoms with Crippen molar-refractivity contribution in [3.63, 3.8) is 0 Å². The summed E-state index contributed by atoms with van der Waals surface area (Å²) in [6.07, 6.45) is 1.51. The number of hydrogen-bond donors (Lipinski definition) is 2. The number of ether oxygens (including phenoxy) is 1. The Balaban J connectivity index is 1.36. The maximum absolute atomic E-state index is 14.1. The van der Waals surface area contributed by atoms with Crippen LogP contribution in [0.3, 0.4) is 0 Å². The van der Waals surface area contributed by atoms with Gasteiger partial charge in [-0.25, -0.2) is 13.8 Å². The van der Waals surface area contributed by atoms with E-state index in [4.69, 9.17) is 14.7 Å². The number of para-hydroxylation sites is 2. The molecular weight excluding hydrogens is 504 g/mol. The SMILES string of the molecule is CN(CC(C)(C)O)C1CCC(CNc2nc(N3CCOCC3)cc(-n3c(C(F)F)nc4ccccc43)n2)CC1. The summed E-state index contributed by atoms with van der Waals surface area (Å²) >= 11 is 0. The number of fused-ring (bicyclic) bond motifs is 1. The van der Waals surface area contributed by atoms with Gasteiger partial charge in [0.1, 0.15) is 11.6 Å². The lowest BCUT2D eigenvalue weighted by molar-refractivity contribution is 0.0228.